The third-order valence-electron chi connectivity index (χ3n) is 3.81. The summed E-state index contributed by atoms with van der Waals surface area (Å²) in [5.74, 6) is -0.739. The van der Waals surface area contributed by atoms with Gasteiger partial charge >= 0.3 is 0 Å². The van der Waals surface area contributed by atoms with E-state index in [0.717, 1.165) is 24.1 Å². The van der Waals surface area contributed by atoms with Gasteiger partial charge in [-0.15, -0.1) is 0 Å². The van der Waals surface area contributed by atoms with E-state index in [1.807, 2.05) is 19.9 Å². The summed E-state index contributed by atoms with van der Waals surface area (Å²) in [6.07, 6.45) is 2.89. The molecule has 6 nitrogen and oxygen atoms in total. The van der Waals surface area contributed by atoms with Crippen LogP contribution < -0.4 is 5.73 Å². The zero-order valence-electron chi connectivity index (χ0n) is 12.6. The Morgan fingerprint density at radius 3 is 2.20 bits per heavy atom. The minimum Gasteiger partial charge on any atom is -0.748 e. The zero-order valence-corrected chi connectivity index (χ0v) is 13.4. The standard InChI is InChI=1S/C13H26N2O4S/c1-4-15(5-2,10-7-11-20(17,18)19)9-6-8-12(3)13(14)16/h8H,4-7,9-11H2,1-3H3,(H2-,14,16,17,18,19). The summed E-state index contributed by atoms with van der Waals surface area (Å²) in [6.45, 7) is 8.94. The second-order valence-electron chi connectivity index (χ2n) is 5.08. The van der Waals surface area contributed by atoms with Gasteiger partial charge in [0.2, 0.25) is 5.91 Å². The number of nitrogens with zero attached hydrogens (tertiary/aromatic N) is 1. The highest BCUT2D eigenvalue weighted by Crippen LogP contribution is 2.11. The molecule has 0 radical (unpaired) electrons. The van der Waals surface area contributed by atoms with Crippen molar-refractivity contribution in [2.75, 3.05) is 31.9 Å². The van der Waals surface area contributed by atoms with E-state index in [2.05, 4.69) is 0 Å². The highest BCUT2D eigenvalue weighted by molar-refractivity contribution is 7.85. The molecule has 7 heteroatoms. The van der Waals surface area contributed by atoms with Gasteiger partial charge in [-0.25, -0.2) is 8.42 Å². The van der Waals surface area contributed by atoms with E-state index < -0.39 is 16.0 Å². The molecule has 0 fully saturated rings. The van der Waals surface area contributed by atoms with Crippen LogP contribution in [-0.4, -0.2) is 55.3 Å². The molecule has 0 unspecified atom stereocenters. The van der Waals surface area contributed by atoms with Gasteiger partial charge in [0.15, 0.2) is 0 Å². The van der Waals surface area contributed by atoms with Crippen LogP contribution in [0.15, 0.2) is 11.6 Å². The Morgan fingerprint density at radius 2 is 1.80 bits per heavy atom. The molecule has 0 aliphatic rings. The number of quaternary nitrogens is 1. The van der Waals surface area contributed by atoms with Crippen LogP contribution in [0.5, 0.6) is 0 Å². The number of carbonyl (C=O) groups excluding carboxylic acids is 1. The van der Waals surface area contributed by atoms with Gasteiger partial charge in [-0.1, -0.05) is 6.08 Å². The molecule has 0 aliphatic heterocycles. The molecule has 0 saturated heterocycles. The average molecular weight is 306 g/mol. The molecule has 0 aromatic heterocycles. The summed E-state index contributed by atoms with van der Waals surface area (Å²) in [7, 11) is -4.14. The summed E-state index contributed by atoms with van der Waals surface area (Å²) in [4.78, 5) is 10.9. The summed E-state index contributed by atoms with van der Waals surface area (Å²) < 4.78 is 32.7. The Labute approximate surface area is 122 Å². The van der Waals surface area contributed by atoms with Crippen molar-refractivity contribution in [3.63, 3.8) is 0 Å². The normalized spacial score (nSPS) is 13.5. The summed E-state index contributed by atoms with van der Waals surface area (Å²) in [5, 5.41) is 0. The first-order valence-electron chi connectivity index (χ1n) is 6.91. The molecule has 118 valence electrons. The fraction of sp³-hybridized carbons (Fsp3) is 0.769. The zero-order chi connectivity index (χ0) is 15.8. The molecule has 20 heavy (non-hydrogen) atoms. The van der Waals surface area contributed by atoms with E-state index in [9.17, 15) is 17.8 Å². The molecule has 1 amide bonds. The smallest absolute Gasteiger partial charge is 0.244 e. The quantitative estimate of drug-likeness (QED) is 0.363. The number of primary amides is 1. The first kappa shape index (κ1) is 19.1. The van der Waals surface area contributed by atoms with Crippen LogP contribution in [-0.2, 0) is 14.9 Å². The Kier molecular flexibility index (Phi) is 8.00. The van der Waals surface area contributed by atoms with E-state index in [0.29, 0.717) is 25.0 Å². The third-order valence-corrected chi connectivity index (χ3v) is 4.60. The van der Waals surface area contributed by atoms with Gasteiger partial charge in [0, 0.05) is 24.2 Å². The average Bonchev–Trinajstić information content (AvgIpc) is 2.35. The number of amides is 1. The molecule has 0 saturated carbocycles. The number of rotatable bonds is 10. The maximum Gasteiger partial charge on any atom is 0.244 e. The number of hydrogen-bond donors (Lipinski definition) is 1. The van der Waals surface area contributed by atoms with Gasteiger partial charge in [-0.3, -0.25) is 4.79 Å². The summed E-state index contributed by atoms with van der Waals surface area (Å²) in [5.41, 5.74) is 5.70. The van der Waals surface area contributed by atoms with Crippen molar-refractivity contribution in [3.05, 3.63) is 11.6 Å². The second kappa shape index (κ2) is 8.39. The van der Waals surface area contributed by atoms with Crippen LogP contribution >= 0.6 is 0 Å². The van der Waals surface area contributed by atoms with Gasteiger partial charge in [-0.2, -0.15) is 0 Å². The number of hydrogen-bond acceptors (Lipinski definition) is 4. The number of nitrogens with two attached hydrogens (primary N) is 1. The van der Waals surface area contributed by atoms with Crippen LogP contribution in [0.25, 0.3) is 0 Å². The molecule has 0 heterocycles. The lowest BCUT2D eigenvalue weighted by Crippen LogP contribution is -2.49. The predicted molar refractivity (Wildman–Crippen MR) is 77.8 cm³/mol. The first-order chi connectivity index (χ1) is 9.16. The topological polar surface area (TPSA) is 100 Å². The lowest BCUT2D eigenvalue weighted by atomic mass is 10.2. The number of carbonyl (C=O) groups is 1. The molecule has 0 aromatic carbocycles. The van der Waals surface area contributed by atoms with Crippen molar-refractivity contribution < 1.29 is 22.2 Å². The molecular weight excluding hydrogens is 280 g/mol. The Bertz CT molecular complexity index is 439. The van der Waals surface area contributed by atoms with Crippen LogP contribution in [0, 0.1) is 0 Å². The minimum absolute atomic E-state index is 0.316. The van der Waals surface area contributed by atoms with Crippen molar-refractivity contribution in [2.45, 2.75) is 33.6 Å². The Balaban J connectivity index is 4.53. The molecule has 0 bridgehead atoms. The summed E-state index contributed by atoms with van der Waals surface area (Å²) in [6, 6.07) is 0. The fourth-order valence-electron chi connectivity index (χ4n) is 2.20. The SMILES string of the molecule is CC[N+](CC)(CCC=C(C)C(N)=O)CCCS(=O)(=O)[O-]. The Hall–Kier alpha value is -0.920. The van der Waals surface area contributed by atoms with E-state index in [4.69, 9.17) is 5.73 Å². The van der Waals surface area contributed by atoms with Gasteiger partial charge < -0.3 is 14.8 Å². The molecule has 0 atom stereocenters. The van der Waals surface area contributed by atoms with Crippen molar-refractivity contribution >= 4 is 16.0 Å². The van der Waals surface area contributed by atoms with Gasteiger partial charge in [-0.05, 0) is 20.8 Å². The summed E-state index contributed by atoms with van der Waals surface area (Å²) >= 11 is 0. The van der Waals surface area contributed by atoms with Crippen LogP contribution in [0.1, 0.15) is 33.6 Å². The van der Waals surface area contributed by atoms with E-state index in [1.54, 1.807) is 6.92 Å². The Morgan fingerprint density at radius 1 is 1.25 bits per heavy atom. The lowest BCUT2D eigenvalue weighted by Gasteiger charge is -2.37. The molecular formula is C13H26N2O4S. The van der Waals surface area contributed by atoms with Crippen molar-refractivity contribution in [2.24, 2.45) is 5.73 Å². The highest BCUT2D eigenvalue weighted by atomic mass is 32.2. The molecule has 2 N–H and O–H groups in total. The molecule has 0 aromatic rings. The van der Waals surface area contributed by atoms with Crippen molar-refractivity contribution in [3.8, 4) is 0 Å². The largest absolute Gasteiger partial charge is 0.748 e. The maximum atomic E-state index is 10.9. The minimum atomic E-state index is -4.14. The fourth-order valence-corrected chi connectivity index (χ4v) is 2.68. The van der Waals surface area contributed by atoms with E-state index in [-0.39, 0.29) is 5.75 Å². The predicted octanol–water partition coefficient (Wildman–Crippen LogP) is 0.600. The highest BCUT2D eigenvalue weighted by Gasteiger charge is 2.22. The molecule has 0 spiro atoms. The van der Waals surface area contributed by atoms with Crippen LogP contribution in [0.3, 0.4) is 0 Å². The molecule has 0 rings (SSSR count). The van der Waals surface area contributed by atoms with E-state index >= 15 is 0 Å². The first-order valence-corrected chi connectivity index (χ1v) is 8.48. The van der Waals surface area contributed by atoms with Crippen LogP contribution in [0.2, 0.25) is 0 Å². The van der Waals surface area contributed by atoms with Gasteiger partial charge in [0.1, 0.15) is 0 Å². The molecule has 0 aliphatic carbocycles. The van der Waals surface area contributed by atoms with E-state index in [1.165, 1.54) is 0 Å². The van der Waals surface area contributed by atoms with Crippen LogP contribution in [0.4, 0.5) is 0 Å². The monoisotopic (exact) mass is 306 g/mol. The lowest BCUT2D eigenvalue weighted by molar-refractivity contribution is -0.924. The van der Waals surface area contributed by atoms with Crippen molar-refractivity contribution in [1.29, 1.82) is 0 Å². The van der Waals surface area contributed by atoms with Crippen molar-refractivity contribution in [1.82, 2.24) is 0 Å². The van der Waals surface area contributed by atoms with Gasteiger partial charge in [0.25, 0.3) is 0 Å². The maximum absolute atomic E-state index is 10.9. The second-order valence-corrected chi connectivity index (χ2v) is 6.60. The van der Waals surface area contributed by atoms with Gasteiger partial charge in [0.05, 0.1) is 36.3 Å². The third kappa shape index (κ3) is 7.62.